The van der Waals surface area contributed by atoms with Crippen LogP contribution in [0, 0.1) is 0 Å². The summed E-state index contributed by atoms with van der Waals surface area (Å²) in [5.74, 6) is -2.53. The molecule has 27 heavy (non-hydrogen) atoms. The summed E-state index contributed by atoms with van der Waals surface area (Å²) in [5, 5.41) is 5.35. The Morgan fingerprint density at radius 3 is 2.37 bits per heavy atom. The van der Waals surface area contributed by atoms with Crippen LogP contribution >= 0.6 is 23.2 Å². The third-order valence-corrected chi connectivity index (χ3v) is 4.73. The first-order valence-corrected chi connectivity index (χ1v) is 8.84. The van der Waals surface area contributed by atoms with Crippen molar-refractivity contribution < 1.29 is 23.9 Å². The largest absolute Gasteiger partial charge is 0.461 e. The number of imide groups is 1. The topological polar surface area (TPSA) is 96.3 Å². The van der Waals surface area contributed by atoms with Crippen LogP contribution in [0.15, 0.2) is 23.3 Å². The second-order valence-corrected chi connectivity index (χ2v) is 7.02. The van der Waals surface area contributed by atoms with Gasteiger partial charge in [-0.3, -0.25) is 14.4 Å². The quantitative estimate of drug-likeness (QED) is 0.560. The summed E-state index contributed by atoms with van der Waals surface area (Å²) in [5.41, 5.74) is -1.49. The van der Waals surface area contributed by atoms with Crippen LogP contribution in [0.25, 0.3) is 0 Å². The number of anilines is 1. The molecule has 1 atom stereocenters. The molecule has 0 radical (unpaired) electrons. The minimum Gasteiger partial charge on any atom is -0.461 e. The van der Waals surface area contributed by atoms with Crippen LogP contribution in [0.5, 0.6) is 0 Å². The Morgan fingerprint density at radius 1 is 1.19 bits per heavy atom. The molecule has 0 aliphatic carbocycles. The Balaban J connectivity index is 2.01. The summed E-state index contributed by atoms with van der Waals surface area (Å²) < 4.78 is 4.91. The molecule has 2 aliphatic rings. The maximum absolute atomic E-state index is 13.2. The third kappa shape index (κ3) is 3.19. The molecule has 8 nitrogen and oxygen atoms in total. The van der Waals surface area contributed by atoms with Crippen LogP contribution in [0.1, 0.15) is 26.7 Å². The number of ether oxygens (including phenoxy) is 1. The van der Waals surface area contributed by atoms with E-state index in [-0.39, 0.29) is 40.9 Å². The van der Waals surface area contributed by atoms with Gasteiger partial charge in [-0.1, -0.05) is 23.2 Å². The van der Waals surface area contributed by atoms with Crippen molar-refractivity contribution in [2.75, 3.05) is 11.5 Å². The summed E-state index contributed by atoms with van der Waals surface area (Å²) >= 11 is 11.9. The lowest BCUT2D eigenvalue weighted by molar-refractivity contribution is -0.141. The van der Waals surface area contributed by atoms with Crippen LogP contribution < -0.4 is 4.90 Å². The number of hydrogen-bond donors (Lipinski definition) is 0. The third-order valence-electron chi connectivity index (χ3n) is 4.30. The zero-order valence-corrected chi connectivity index (χ0v) is 16.0. The van der Waals surface area contributed by atoms with Gasteiger partial charge < -0.3 is 4.74 Å². The van der Waals surface area contributed by atoms with Crippen LogP contribution in [0.3, 0.4) is 0 Å². The van der Waals surface area contributed by atoms with Gasteiger partial charge in [-0.25, -0.2) is 14.7 Å². The van der Waals surface area contributed by atoms with Crippen molar-refractivity contribution in [3.63, 3.8) is 0 Å². The monoisotopic (exact) mass is 411 g/mol. The number of hydrazone groups is 1. The minimum atomic E-state index is -1.60. The molecule has 2 heterocycles. The summed E-state index contributed by atoms with van der Waals surface area (Å²) in [6.45, 7) is 2.95. The first kappa shape index (κ1) is 19.3. The van der Waals surface area contributed by atoms with Crippen molar-refractivity contribution in [2.45, 2.75) is 32.2 Å². The number of rotatable bonds is 3. The average molecular weight is 412 g/mol. The van der Waals surface area contributed by atoms with E-state index in [1.165, 1.54) is 25.1 Å². The number of hydrogen-bond acceptors (Lipinski definition) is 6. The highest BCUT2D eigenvalue weighted by Gasteiger charge is 2.61. The molecule has 3 amide bonds. The summed E-state index contributed by atoms with van der Waals surface area (Å²) in [6, 6.07) is 4.30. The van der Waals surface area contributed by atoms with Crippen molar-refractivity contribution in [1.82, 2.24) is 5.01 Å². The molecule has 0 N–H and O–H groups in total. The van der Waals surface area contributed by atoms with E-state index in [2.05, 4.69) is 5.10 Å². The number of carbonyl (C=O) groups excluding carboxylic acids is 4. The van der Waals surface area contributed by atoms with Crippen LogP contribution in [-0.2, 0) is 23.9 Å². The summed E-state index contributed by atoms with van der Waals surface area (Å²) in [7, 11) is 0. The molecule has 0 unspecified atom stereocenters. The maximum atomic E-state index is 13.2. The molecule has 1 fully saturated rings. The highest BCUT2D eigenvalue weighted by molar-refractivity contribution is 6.40. The number of amides is 3. The van der Waals surface area contributed by atoms with Gasteiger partial charge in [0.1, 0.15) is 5.71 Å². The normalized spacial score (nSPS) is 21.9. The highest BCUT2D eigenvalue weighted by atomic mass is 35.5. The molecule has 1 spiro atoms. The van der Waals surface area contributed by atoms with E-state index >= 15 is 0 Å². The molecule has 142 valence electrons. The van der Waals surface area contributed by atoms with Crippen LogP contribution in [0.4, 0.5) is 5.69 Å². The fourth-order valence-corrected chi connectivity index (χ4v) is 3.78. The number of carbonyl (C=O) groups is 4. The highest BCUT2D eigenvalue weighted by Crippen LogP contribution is 2.41. The second kappa shape index (κ2) is 6.94. The van der Waals surface area contributed by atoms with Gasteiger partial charge in [0, 0.05) is 23.4 Å². The number of esters is 1. The number of nitrogens with zero attached hydrogens (tertiary/aromatic N) is 3. The number of benzene rings is 1. The van der Waals surface area contributed by atoms with E-state index in [4.69, 9.17) is 27.9 Å². The lowest BCUT2D eigenvalue weighted by Crippen LogP contribution is -2.51. The second-order valence-electron chi connectivity index (χ2n) is 6.15. The first-order valence-electron chi connectivity index (χ1n) is 8.08. The molecular weight excluding hydrogens is 397 g/mol. The van der Waals surface area contributed by atoms with E-state index in [1.54, 1.807) is 6.92 Å². The summed E-state index contributed by atoms with van der Waals surface area (Å²) in [6.07, 6.45) is -0.525. The molecule has 2 aliphatic heterocycles. The molecule has 1 saturated heterocycles. The fourth-order valence-electron chi connectivity index (χ4n) is 3.26. The van der Waals surface area contributed by atoms with E-state index in [9.17, 15) is 19.2 Å². The van der Waals surface area contributed by atoms with Gasteiger partial charge in [0.25, 0.3) is 5.91 Å². The Hall–Kier alpha value is -2.45. The Bertz CT molecular complexity index is 880. The predicted octanol–water partition coefficient (Wildman–Crippen LogP) is 2.17. The Labute approximate surface area is 164 Å². The summed E-state index contributed by atoms with van der Waals surface area (Å²) in [4.78, 5) is 50.9. The molecule has 0 saturated carbocycles. The predicted molar refractivity (Wildman–Crippen MR) is 97.5 cm³/mol. The Morgan fingerprint density at radius 2 is 1.81 bits per heavy atom. The minimum absolute atomic E-state index is 0.0841. The first-order chi connectivity index (χ1) is 12.7. The SMILES string of the molecule is CCOC(=O)C1=NN(C(C)=O)[C@@]2(CC(=O)N(c3cc(Cl)cc(Cl)c3)C2=O)C1. The number of halogens is 2. The lowest BCUT2D eigenvalue weighted by Gasteiger charge is -2.29. The van der Waals surface area contributed by atoms with Gasteiger partial charge in [0.05, 0.1) is 18.7 Å². The zero-order chi connectivity index (χ0) is 19.9. The Kier molecular flexibility index (Phi) is 4.96. The maximum Gasteiger partial charge on any atom is 0.354 e. The molecular formula is C17H15Cl2N3O5. The van der Waals surface area contributed by atoms with Gasteiger partial charge in [-0.15, -0.1) is 0 Å². The smallest absolute Gasteiger partial charge is 0.354 e. The fraction of sp³-hybridized carbons (Fsp3) is 0.353. The molecule has 0 bridgehead atoms. The standard InChI is InChI=1S/C17H15Cl2N3O5/c1-3-27-15(25)13-7-17(22(20-13)9(2)23)8-14(24)21(16(17)26)12-5-10(18)4-11(19)6-12/h4-6H,3,7-8H2,1-2H3/t17-/m1/s1. The molecule has 10 heteroatoms. The zero-order valence-electron chi connectivity index (χ0n) is 14.5. The van der Waals surface area contributed by atoms with Crippen molar-refractivity contribution in [3.05, 3.63) is 28.2 Å². The van der Waals surface area contributed by atoms with Crippen LogP contribution in [0.2, 0.25) is 10.0 Å². The average Bonchev–Trinajstić information content (AvgIpc) is 3.06. The molecule has 3 rings (SSSR count). The van der Waals surface area contributed by atoms with E-state index in [0.717, 1.165) is 9.91 Å². The van der Waals surface area contributed by atoms with Gasteiger partial charge in [0.15, 0.2) is 5.54 Å². The van der Waals surface area contributed by atoms with Crippen molar-refractivity contribution >= 4 is 58.3 Å². The lowest BCUT2D eigenvalue weighted by atomic mass is 9.91. The molecule has 0 aromatic heterocycles. The van der Waals surface area contributed by atoms with Gasteiger partial charge >= 0.3 is 5.97 Å². The van der Waals surface area contributed by atoms with Crippen molar-refractivity contribution in [3.8, 4) is 0 Å². The van der Waals surface area contributed by atoms with Crippen molar-refractivity contribution in [1.29, 1.82) is 0 Å². The van der Waals surface area contributed by atoms with Gasteiger partial charge in [-0.2, -0.15) is 5.10 Å². The van der Waals surface area contributed by atoms with E-state index < -0.39 is 29.2 Å². The van der Waals surface area contributed by atoms with E-state index in [1.807, 2.05) is 0 Å². The molecule has 1 aromatic carbocycles. The van der Waals surface area contributed by atoms with Crippen molar-refractivity contribution in [2.24, 2.45) is 5.10 Å². The van der Waals surface area contributed by atoms with E-state index in [0.29, 0.717) is 0 Å². The van der Waals surface area contributed by atoms with Crippen LogP contribution in [-0.4, -0.2) is 46.6 Å². The molecule has 1 aromatic rings. The van der Waals surface area contributed by atoms with Gasteiger partial charge in [-0.05, 0) is 25.1 Å². The van der Waals surface area contributed by atoms with Gasteiger partial charge in [0.2, 0.25) is 11.8 Å².